The second-order valence-corrected chi connectivity index (χ2v) is 6.12. The lowest BCUT2D eigenvalue weighted by Gasteiger charge is -2.30. The maximum absolute atomic E-state index is 12.6. The monoisotopic (exact) mass is 277 g/mol. The summed E-state index contributed by atoms with van der Waals surface area (Å²) in [7, 11) is 0. The Bertz CT molecular complexity index is 554. The van der Waals surface area contributed by atoms with Crippen LogP contribution in [0.1, 0.15) is 22.5 Å². The van der Waals surface area contributed by atoms with E-state index in [-0.39, 0.29) is 18.5 Å². The molecule has 1 aromatic carbocycles. The standard InChI is InChI=1S/C15H16FNOS/c16-10-11-5-7-17(8-6-11)15(18)14-9-12-3-1-2-4-13(12)19-14/h1-4,9,11H,5-8,10H2. The number of amides is 1. The lowest BCUT2D eigenvalue weighted by atomic mass is 9.98. The number of rotatable bonds is 2. The lowest BCUT2D eigenvalue weighted by Crippen LogP contribution is -2.38. The number of likely N-dealkylation sites (tertiary alicyclic amines) is 1. The summed E-state index contributed by atoms with van der Waals surface area (Å²) < 4.78 is 13.7. The average Bonchev–Trinajstić information content (AvgIpc) is 2.90. The molecule has 1 amide bonds. The molecular formula is C15H16FNOS. The zero-order valence-corrected chi connectivity index (χ0v) is 11.5. The van der Waals surface area contributed by atoms with Crippen LogP contribution in [0, 0.1) is 5.92 Å². The van der Waals surface area contributed by atoms with Crippen molar-refractivity contribution >= 4 is 27.3 Å². The molecule has 0 atom stereocenters. The molecule has 100 valence electrons. The van der Waals surface area contributed by atoms with Crippen molar-refractivity contribution in [2.24, 2.45) is 5.92 Å². The lowest BCUT2D eigenvalue weighted by molar-refractivity contribution is 0.0682. The summed E-state index contributed by atoms with van der Waals surface area (Å²) in [6.45, 7) is 1.11. The molecule has 0 saturated carbocycles. The Balaban J connectivity index is 1.77. The molecule has 0 bridgehead atoms. The van der Waals surface area contributed by atoms with E-state index in [1.807, 2.05) is 35.2 Å². The third-order valence-corrected chi connectivity index (χ3v) is 4.86. The third-order valence-electron chi connectivity index (χ3n) is 3.76. The smallest absolute Gasteiger partial charge is 0.263 e. The summed E-state index contributed by atoms with van der Waals surface area (Å²) in [5.41, 5.74) is 0. The van der Waals surface area contributed by atoms with Gasteiger partial charge in [-0.05, 0) is 36.3 Å². The molecule has 1 aliphatic rings. The van der Waals surface area contributed by atoms with Crippen LogP contribution in [0.15, 0.2) is 30.3 Å². The Morgan fingerprint density at radius 1 is 1.32 bits per heavy atom. The van der Waals surface area contributed by atoms with E-state index in [4.69, 9.17) is 0 Å². The second-order valence-electron chi connectivity index (χ2n) is 5.04. The number of benzene rings is 1. The minimum absolute atomic E-state index is 0.0958. The number of hydrogen-bond acceptors (Lipinski definition) is 2. The van der Waals surface area contributed by atoms with Crippen LogP contribution in [-0.4, -0.2) is 30.6 Å². The highest BCUT2D eigenvalue weighted by Gasteiger charge is 2.24. The van der Waals surface area contributed by atoms with Crippen molar-refractivity contribution in [3.63, 3.8) is 0 Å². The molecule has 1 saturated heterocycles. The van der Waals surface area contributed by atoms with Gasteiger partial charge in [0.05, 0.1) is 11.6 Å². The molecule has 0 spiro atoms. The fourth-order valence-corrected chi connectivity index (χ4v) is 3.56. The summed E-state index contributed by atoms with van der Waals surface area (Å²) in [6, 6.07) is 9.99. The van der Waals surface area contributed by atoms with Crippen LogP contribution < -0.4 is 0 Å². The first-order valence-corrected chi connectivity index (χ1v) is 7.43. The quantitative estimate of drug-likeness (QED) is 0.819. The first-order valence-electron chi connectivity index (χ1n) is 6.62. The number of carbonyl (C=O) groups excluding carboxylic acids is 1. The summed E-state index contributed by atoms with van der Waals surface area (Å²) in [6.07, 6.45) is 1.57. The van der Waals surface area contributed by atoms with Gasteiger partial charge in [0, 0.05) is 17.8 Å². The van der Waals surface area contributed by atoms with E-state index in [0.29, 0.717) is 13.1 Å². The highest BCUT2D eigenvalue weighted by molar-refractivity contribution is 7.20. The Morgan fingerprint density at radius 2 is 2.05 bits per heavy atom. The van der Waals surface area contributed by atoms with Crippen LogP contribution in [0.5, 0.6) is 0 Å². The Labute approximate surface area is 115 Å². The molecule has 0 unspecified atom stereocenters. The molecule has 2 nitrogen and oxygen atoms in total. The molecule has 1 aliphatic heterocycles. The number of piperidine rings is 1. The molecule has 3 rings (SSSR count). The van der Waals surface area contributed by atoms with E-state index in [9.17, 15) is 9.18 Å². The van der Waals surface area contributed by atoms with E-state index in [0.717, 1.165) is 27.8 Å². The SMILES string of the molecule is O=C(c1cc2ccccc2s1)N1CCC(CF)CC1. The van der Waals surface area contributed by atoms with Gasteiger partial charge in [-0.1, -0.05) is 18.2 Å². The van der Waals surface area contributed by atoms with E-state index >= 15 is 0 Å². The van der Waals surface area contributed by atoms with Crippen LogP contribution in [0.2, 0.25) is 0 Å². The molecule has 2 aromatic rings. The predicted molar refractivity (Wildman–Crippen MR) is 76.4 cm³/mol. The molecule has 0 radical (unpaired) electrons. The average molecular weight is 277 g/mol. The van der Waals surface area contributed by atoms with Crippen LogP contribution >= 0.6 is 11.3 Å². The van der Waals surface area contributed by atoms with Crippen LogP contribution in [0.3, 0.4) is 0 Å². The number of fused-ring (bicyclic) bond motifs is 1. The van der Waals surface area contributed by atoms with Crippen molar-refractivity contribution < 1.29 is 9.18 Å². The van der Waals surface area contributed by atoms with Crippen molar-refractivity contribution in [2.75, 3.05) is 19.8 Å². The van der Waals surface area contributed by atoms with Gasteiger partial charge in [0.1, 0.15) is 0 Å². The van der Waals surface area contributed by atoms with Gasteiger partial charge in [-0.3, -0.25) is 9.18 Å². The van der Waals surface area contributed by atoms with Gasteiger partial charge >= 0.3 is 0 Å². The van der Waals surface area contributed by atoms with Gasteiger partial charge in [-0.15, -0.1) is 11.3 Å². The van der Waals surface area contributed by atoms with Crippen molar-refractivity contribution in [1.29, 1.82) is 0 Å². The van der Waals surface area contributed by atoms with Gasteiger partial charge in [0.15, 0.2) is 0 Å². The number of carbonyl (C=O) groups is 1. The summed E-state index contributed by atoms with van der Waals surface area (Å²) >= 11 is 1.54. The van der Waals surface area contributed by atoms with Crippen molar-refractivity contribution in [3.8, 4) is 0 Å². The third kappa shape index (κ3) is 2.50. The molecule has 0 aliphatic carbocycles. The second kappa shape index (κ2) is 5.29. The number of hydrogen-bond donors (Lipinski definition) is 0. The first kappa shape index (κ1) is 12.6. The van der Waals surface area contributed by atoms with Gasteiger partial charge in [0.2, 0.25) is 0 Å². The van der Waals surface area contributed by atoms with Crippen LogP contribution in [0.25, 0.3) is 10.1 Å². The minimum Gasteiger partial charge on any atom is -0.338 e. The zero-order chi connectivity index (χ0) is 13.2. The van der Waals surface area contributed by atoms with Gasteiger partial charge in [-0.2, -0.15) is 0 Å². The number of halogens is 1. The fraction of sp³-hybridized carbons (Fsp3) is 0.400. The van der Waals surface area contributed by atoms with Gasteiger partial charge in [0.25, 0.3) is 5.91 Å². The highest BCUT2D eigenvalue weighted by atomic mass is 32.1. The molecule has 2 heterocycles. The molecular weight excluding hydrogens is 261 g/mol. The maximum Gasteiger partial charge on any atom is 0.263 e. The van der Waals surface area contributed by atoms with Crippen LogP contribution in [-0.2, 0) is 0 Å². The van der Waals surface area contributed by atoms with E-state index in [1.165, 1.54) is 0 Å². The molecule has 19 heavy (non-hydrogen) atoms. The Hall–Kier alpha value is -1.42. The maximum atomic E-state index is 12.6. The van der Waals surface area contributed by atoms with Crippen molar-refractivity contribution in [1.82, 2.24) is 4.90 Å². The Kier molecular flexibility index (Phi) is 3.51. The normalized spacial score (nSPS) is 17.0. The van der Waals surface area contributed by atoms with Crippen LogP contribution in [0.4, 0.5) is 4.39 Å². The number of alkyl halides is 1. The van der Waals surface area contributed by atoms with Crippen molar-refractivity contribution in [3.05, 3.63) is 35.2 Å². The zero-order valence-electron chi connectivity index (χ0n) is 10.6. The molecule has 1 aromatic heterocycles. The van der Waals surface area contributed by atoms with Gasteiger partial charge in [-0.25, -0.2) is 0 Å². The molecule has 1 fully saturated rings. The topological polar surface area (TPSA) is 20.3 Å². The number of thiophene rings is 1. The van der Waals surface area contributed by atoms with E-state index < -0.39 is 0 Å². The minimum atomic E-state index is -0.259. The highest BCUT2D eigenvalue weighted by Crippen LogP contribution is 2.27. The predicted octanol–water partition coefficient (Wildman–Crippen LogP) is 3.72. The van der Waals surface area contributed by atoms with Crippen molar-refractivity contribution in [2.45, 2.75) is 12.8 Å². The molecule has 4 heteroatoms. The fourth-order valence-electron chi connectivity index (χ4n) is 2.53. The van der Waals surface area contributed by atoms with E-state index in [2.05, 4.69) is 0 Å². The summed E-state index contributed by atoms with van der Waals surface area (Å²) in [5, 5.41) is 1.12. The largest absolute Gasteiger partial charge is 0.338 e. The first-order chi connectivity index (χ1) is 9.28. The summed E-state index contributed by atoms with van der Waals surface area (Å²) in [5.74, 6) is 0.241. The number of nitrogens with zero attached hydrogens (tertiary/aromatic N) is 1. The Morgan fingerprint density at radius 3 is 2.74 bits per heavy atom. The van der Waals surface area contributed by atoms with Gasteiger partial charge < -0.3 is 4.90 Å². The molecule has 0 N–H and O–H groups in total. The summed E-state index contributed by atoms with van der Waals surface area (Å²) in [4.78, 5) is 15.1. The van der Waals surface area contributed by atoms with E-state index in [1.54, 1.807) is 11.3 Å².